The number of carbonyl (C=O) groups is 2. The number of benzene rings is 2. The lowest BCUT2D eigenvalue weighted by Gasteiger charge is -2.32. The first kappa shape index (κ1) is 29.7. The molecule has 2 rings (SSSR count). The molecule has 0 aromatic heterocycles. The molecule has 0 saturated carbocycles. The van der Waals surface area contributed by atoms with Gasteiger partial charge in [0, 0.05) is 17.6 Å². The van der Waals surface area contributed by atoms with Crippen molar-refractivity contribution in [2.45, 2.75) is 33.4 Å². The summed E-state index contributed by atoms with van der Waals surface area (Å²) >= 11 is 21.7. The van der Waals surface area contributed by atoms with Crippen LogP contribution in [-0.2, 0) is 26.2 Å². The van der Waals surface area contributed by atoms with E-state index in [4.69, 9.17) is 34.8 Å². The Morgan fingerprint density at radius 3 is 2.23 bits per heavy atom. The molecule has 0 aliphatic heterocycles. The van der Waals surface area contributed by atoms with Crippen molar-refractivity contribution in [3.8, 4) is 0 Å². The Morgan fingerprint density at radius 2 is 1.66 bits per heavy atom. The first-order valence-electron chi connectivity index (χ1n) is 10.6. The van der Waals surface area contributed by atoms with E-state index >= 15 is 0 Å². The van der Waals surface area contributed by atoms with Crippen molar-refractivity contribution in [1.82, 2.24) is 10.2 Å². The molecule has 0 bridgehead atoms. The molecular weight excluding hydrogens is 601 g/mol. The quantitative estimate of drug-likeness (QED) is 0.359. The molecule has 1 N–H and O–H groups in total. The smallest absolute Gasteiger partial charge is 0.244 e. The number of hydrogen-bond donors (Lipinski definition) is 1. The molecule has 0 saturated heterocycles. The molecule has 0 unspecified atom stereocenters. The van der Waals surface area contributed by atoms with Gasteiger partial charge in [-0.25, -0.2) is 8.42 Å². The van der Waals surface area contributed by atoms with E-state index in [-0.39, 0.29) is 39.1 Å². The van der Waals surface area contributed by atoms with Crippen molar-refractivity contribution in [2.75, 3.05) is 23.7 Å². The Hall–Kier alpha value is -1.52. The minimum absolute atomic E-state index is 0.0104. The SMILES string of the molecule is CC(C)CNC(=O)[C@H](C)N(Cc1cccc(Br)c1)C(=O)CN(c1cc(Cl)c(Cl)cc1Cl)S(C)(=O)=O. The van der Waals surface area contributed by atoms with Crippen LogP contribution < -0.4 is 9.62 Å². The second-order valence-corrected chi connectivity index (χ2v) is 12.5. The van der Waals surface area contributed by atoms with E-state index in [0.29, 0.717) is 6.54 Å². The van der Waals surface area contributed by atoms with Crippen LogP contribution >= 0.6 is 50.7 Å². The summed E-state index contributed by atoms with van der Waals surface area (Å²) in [4.78, 5) is 27.7. The Morgan fingerprint density at radius 1 is 1.03 bits per heavy atom. The summed E-state index contributed by atoms with van der Waals surface area (Å²) in [7, 11) is -3.95. The van der Waals surface area contributed by atoms with Crippen molar-refractivity contribution in [2.24, 2.45) is 5.92 Å². The number of hydrogen-bond acceptors (Lipinski definition) is 4. The van der Waals surface area contributed by atoms with E-state index in [1.807, 2.05) is 38.1 Å². The highest BCUT2D eigenvalue weighted by Gasteiger charge is 2.31. The molecule has 0 aliphatic carbocycles. The lowest BCUT2D eigenvalue weighted by molar-refractivity contribution is -0.139. The maximum atomic E-state index is 13.5. The van der Waals surface area contributed by atoms with E-state index in [0.717, 1.165) is 20.6 Å². The van der Waals surface area contributed by atoms with Crippen molar-refractivity contribution in [3.63, 3.8) is 0 Å². The van der Waals surface area contributed by atoms with E-state index in [1.165, 1.54) is 17.0 Å². The van der Waals surface area contributed by atoms with Gasteiger partial charge in [0.05, 0.1) is 27.0 Å². The van der Waals surface area contributed by atoms with E-state index in [2.05, 4.69) is 21.2 Å². The fourth-order valence-electron chi connectivity index (χ4n) is 3.17. The predicted molar refractivity (Wildman–Crippen MR) is 146 cm³/mol. The third kappa shape index (κ3) is 8.53. The summed E-state index contributed by atoms with van der Waals surface area (Å²) in [6.07, 6.45) is 0.955. The zero-order chi connectivity index (χ0) is 26.5. The van der Waals surface area contributed by atoms with Crippen LogP contribution in [0.5, 0.6) is 0 Å². The summed E-state index contributed by atoms with van der Waals surface area (Å²) < 4.78 is 27.0. The summed E-state index contributed by atoms with van der Waals surface area (Å²) in [5.74, 6) is -0.719. The van der Waals surface area contributed by atoms with Crippen LogP contribution in [-0.4, -0.2) is 50.5 Å². The van der Waals surface area contributed by atoms with Crippen LogP contribution in [0.15, 0.2) is 40.9 Å². The number of carbonyl (C=O) groups excluding carboxylic acids is 2. The van der Waals surface area contributed by atoms with Gasteiger partial charge in [-0.15, -0.1) is 0 Å². The first-order valence-corrected chi connectivity index (χ1v) is 14.4. The van der Waals surface area contributed by atoms with Gasteiger partial charge in [0.1, 0.15) is 12.6 Å². The van der Waals surface area contributed by atoms with E-state index in [9.17, 15) is 18.0 Å². The average Bonchev–Trinajstić information content (AvgIpc) is 2.75. The molecule has 12 heteroatoms. The number of nitrogens with zero attached hydrogens (tertiary/aromatic N) is 2. The molecule has 0 fully saturated rings. The topological polar surface area (TPSA) is 86.8 Å². The second kappa shape index (κ2) is 12.6. The molecule has 2 aromatic rings. The molecule has 0 radical (unpaired) electrons. The largest absolute Gasteiger partial charge is 0.354 e. The van der Waals surface area contributed by atoms with Crippen molar-refractivity contribution >= 4 is 78.3 Å². The van der Waals surface area contributed by atoms with E-state index in [1.54, 1.807) is 6.92 Å². The molecule has 1 atom stereocenters. The third-order valence-corrected chi connectivity index (χ3v) is 7.68. The summed E-state index contributed by atoms with van der Waals surface area (Å²) in [6, 6.07) is 9.02. The zero-order valence-electron chi connectivity index (χ0n) is 19.7. The standard InChI is InChI=1S/C23H27BrCl3N3O4S/c1-14(2)11-28-23(32)15(3)29(12-16-6-5-7-17(24)8-16)22(31)13-30(35(4,33)34)21-10-19(26)18(25)9-20(21)27/h5-10,14-15H,11-13H2,1-4H3,(H,28,32)/t15-/m0/s1. The van der Waals surface area contributed by atoms with Gasteiger partial charge in [0.15, 0.2) is 0 Å². The lowest BCUT2D eigenvalue weighted by Crippen LogP contribution is -2.51. The van der Waals surface area contributed by atoms with Gasteiger partial charge < -0.3 is 10.2 Å². The average molecular weight is 628 g/mol. The van der Waals surface area contributed by atoms with Gasteiger partial charge in [-0.3, -0.25) is 13.9 Å². The minimum atomic E-state index is -3.95. The molecule has 2 amide bonds. The van der Waals surface area contributed by atoms with Crippen LogP contribution in [0, 0.1) is 5.92 Å². The van der Waals surface area contributed by atoms with Gasteiger partial charge in [-0.05, 0) is 42.7 Å². The second-order valence-electron chi connectivity index (χ2n) is 8.45. The number of sulfonamides is 1. The Kier molecular flexibility index (Phi) is 10.7. The molecule has 7 nitrogen and oxygen atoms in total. The van der Waals surface area contributed by atoms with Crippen LogP contribution in [0.1, 0.15) is 26.3 Å². The highest BCUT2D eigenvalue weighted by molar-refractivity contribution is 9.10. The number of rotatable bonds is 10. The molecule has 35 heavy (non-hydrogen) atoms. The molecule has 192 valence electrons. The van der Waals surface area contributed by atoms with Gasteiger partial charge in [0.25, 0.3) is 0 Å². The molecule has 2 aromatic carbocycles. The van der Waals surface area contributed by atoms with Gasteiger partial charge >= 0.3 is 0 Å². The normalized spacial score (nSPS) is 12.4. The molecule has 0 aliphatic rings. The highest BCUT2D eigenvalue weighted by atomic mass is 79.9. The Labute approximate surface area is 229 Å². The summed E-state index contributed by atoms with van der Waals surface area (Å²) in [5.41, 5.74) is 0.769. The van der Waals surface area contributed by atoms with Gasteiger partial charge in [-0.2, -0.15) is 0 Å². The molecule has 0 spiro atoms. The summed E-state index contributed by atoms with van der Waals surface area (Å²) in [6.45, 7) is 5.45. The fraction of sp³-hybridized carbons (Fsp3) is 0.391. The van der Waals surface area contributed by atoms with E-state index < -0.39 is 28.5 Å². The Bertz CT molecular complexity index is 1190. The number of halogens is 4. The maximum absolute atomic E-state index is 13.5. The van der Waals surface area contributed by atoms with Crippen LogP contribution in [0.3, 0.4) is 0 Å². The minimum Gasteiger partial charge on any atom is -0.354 e. The maximum Gasteiger partial charge on any atom is 0.244 e. The van der Waals surface area contributed by atoms with Crippen molar-refractivity contribution in [1.29, 1.82) is 0 Å². The lowest BCUT2D eigenvalue weighted by atomic mass is 10.1. The van der Waals surface area contributed by atoms with Crippen LogP contribution in [0.4, 0.5) is 5.69 Å². The highest BCUT2D eigenvalue weighted by Crippen LogP contribution is 2.35. The van der Waals surface area contributed by atoms with Crippen LogP contribution in [0.2, 0.25) is 15.1 Å². The molecule has 0 heterocycles. The van der Waals surface area contributed by atoms with Crippen LogP contribution in [0.25, 0.3) is 0 Å². The fourth-order valence-corrected chi connectivity index (χ4v) is 5.16. The number of nitrogens with one attached hydrogen (secondary N) is 1. The van der Waals surface area contributed by atoms with Crippen molar-refractivity contribution in [3.05, 3.63) is 61.5 Å². The van der Waals surface area contributed by atoms with Crippen molar-refractivity contribution < 1.29 is 18.0 Å². The zero-order valence-corrected chi connectivity index (χ0v) is 24.4. The third-order valence-electron chi connectivity index (χ3n) is 5.03. The number of anilines is 1. The summed E-state index contributed by atoms with van der Waals surface area (Å²) in [5, 5.41) is 3.07. The van der Waals surface area contributed by atoms with Gasteiger partial charge in [-0.1, -0.05) is 76.7 Å². The first-order chi connectivity index (χ1) is 16.2. The Balaban J connectivity index is 2.44. The van der Waals surface area contributed by atoms with Gasteiger partial charge in [0.2, 0.25) is 21.8 Å². The monoisotopic (exact) mass is 625 g/mol. The number of amides is 2. The predicted octanol–water partition coefficient (Wildman–Crippen LogP) is 5.36. The molecular formula is C23H27BrCl3N3O4S.